The zero-order chi connectivity index (χ0) is 15.6. The maximum atomic E-state index is 4.51. The van der Waals surface area contributed by atoms with E-state index in [-0.39, 0.29) is 0 Å². The number of nitrogens with zero attached hydrogens (tertiary/aromatic N) is 4. The third kappa shape index (κ3) is 2.79. The van der Waals surface area contributed by atoms with E-state index in [2.05, 4.69) is 56.4 Å². The topological polar surface area (TPSA) is 46.0 Å². The molecule has 2 aromatic rings. The van der Waals surface area contributed by atoms with Gasteiger partial charge in [0.15, 0.2) is 0 Å². The van der Waals surface area contributed by atoms with Crippen LogP contribution in [0.25, 0.3) is 11.3 Å². The highest BCUT2D eigenvalue weighted by Crippen LogP contribution is 2.31. The molecule has 122 valence electrons. The maximum Gasteiger partial charge on any atom is 0.117 e. The summed E-state index contributed by atoms with van der Waals surface area (Å²) in [6, 6.07) is 11.3. The number of hydrogen-bond acceptors (Lipinski definition) is 4. The summed E-state index contributed by atoms with van der Waals surface area (Å²) < 4.78 is 2.18. The van der Waals surface area contributed by atoms with E-state index in [4.69, 9.17) is 0 Å². The normalized spacial score (nSPS) is 23.7. The van der Waals surface area contributed by atoms with Gasteiger partial charge in [0.1, 0.15) is 5.69 Å². The molecule has 1 saturated heterocycles. The van der Waals surface area contributed by atoms with E-state index in [1.807, 2.05) is 6.07 Å². The zero-order valence-electron chi connectivity index (χ0n) is 13.8. The van der Waals surface area contributed by atoms with Crippen molar-refractivity contribution in [3.05, 3.63) is 36.0 Å². The Morgan fingerprint density at radius 3 is 2.87 bits per heavy atom. The van der Waals surface area contributed by atoms with Crippen molar-refractivity contribution < 1.29 is 0 Å². The Morgan fingerprint density at radius 1 is 1.17 bits per heavy atom. The molecule has 2 atom stereocenters. The molecule has 0 saturated carbocycles. The van der Waals surface area contributed by atoms with Crippen molar-refractivity contribution in [2.45, 2.75) is 44.8 Å². The van der Waals surface area contributed by atoms with Crippen LogP contribution in [0.4, 0.5) is 0 Å². The Bertz CT molecular complexity index is 651. The second-order valence-corrected chi connectivity index (χ2v) is 6.72. The average molecular weight is 311 g/mol. The van der Waals surface area contributed by atoms with Gasteiger partial charge in [-0.2, -0.15) is 0 Å². The van der Waals surface area contributed by atoms with Crippen molar-refractivity contribution >= 4 is 0 Å². The van der Waals surface area contributed by atoms with Gasteiger partial charge in [-0.1, -0.05) is 55.3 Å². The number of nitrogens with one attached hydrogen (secondary N) is 1. The summed E-state index contributed by atoms with van der Waals surface area (Å²) in [7, 11) is 0. The highest BCUT2D eigenvalue weighted by Gasteiger charge is 2.39. The Labute approximate surface area is 137 Å². The lowest BCUT2D eigenvalue weighted by Crippen LogP contribution is -2.42. The van der Waals surface area contributed by atoms with E-state index in [9.17, 15) is 0 Å². The maximum absolute atomic E-state index is 4.51. The van der Waals surface area contributed by atoms with E-state index in [1.54, 1.807) is 0 Å². The second-order valence-electron chi connectivity index (χ2n) is 6.72. The van der Waals surface area contributed by atoms with Gasteiger partial charge in [-0.25, -0.2) is 4.68 Å². The molecular formula is C18H25N5. The molecule has 23 heavy (non-hydrogen) atoms. The molecule has 0 radical (unpaired) electrons. The fourth-order valence-electron chi connectivity index (χ4n) is 3.87. The number of benzene rings is 1. The molecule has 2 aliphatic heterocycles. The molecule has 5 nitrogen and oxygen atoms in total. The summed E-state index contributed by atoms with van der Waals surface area (Å²) in [5.41, 5.74) is 3.42. The lowest BCUT2D eigenvalue weighted by atomic mass is 10.1. The van der Waals surface area contributed by atoms with Crippen molar-refractivity contribution in [3.63, 3.8) is 0 Å². The number of aromatic nitrogens is 3. The number of hydrogen-bond donors (Lipinski definition) is 1. The van der Waals surface area contributed by atoms with Crippen LogP contribution >= 0.6 is 0 Å². The van der Waals surface area contributed by atoms with Crippen LogP contribution in [0.1, 0.15) is 37.9 Å². The Balaban J connectivity index is 1.53. The van der Waals surface area contributed by atoms with Gasteiger partial charge in [0.2, 0.25) is 0 Å². The highest BCUT2D eigenvalue weighted by molar-refractivity contribution is 5.61. The quantitative estimate of drug-likeness (QED) is 0.862. The van der Waals surface area contributed by atoms with E-state index in [0.717, 1.165) is 30.9 Å². The fourth-order valence-corrected chi connectivity index (χ4v) is 3.87. The minimum absolute atomic E-state index is 0.422. The first-order chi connectivity index (χ1) is 11.4. The molecular weight excluding hydrogens is 286 g/mol. The van der Waals surface area contributed by atoms with Crippen molar-refractivity contribution in [3.8, 4) is 11.3 Å². The van der Waals surface area contributed by atoms with E-state index in [0.29, 0.717) is 12.1 Å². The molecule has 1 N–H and O–H groups in total. The number of rotatable bonds is 5. The summed E-state index contributed by atoms with van der Waals surface area (Å²) in [6.45, 7) is 6.55. The first-order valence-electron chi connectivity index (χ1n) is 8.82. The highest BCUT2D eigenvalue weighted by atomic mass is 15.5. The van der Waals surface area contributed by atoms with Gasteiger partial charge in [0.05, 0.1) is 11.7 Å². The molecule has 4 rings (SSSR count). The lowest BCUT2D eigenvalue weighted by Gasteiger charge is -2.27. The van der Waals surface area contributed by atoms with Gasteiger partial charge in [0, 0.05) is 31.2 Å². The zero-order valence-corrected chi connectivity index (χ0v) is 13.8. The van der Waals surface area contributed by atoms with E-state index < -0.39 is 0 Å². The Kier molecular flexibility index (Phi) is 4.14. The van der Waals surface area contributed by atoms with Gasteiger partial charge < -0.3 is 5.32 Å². The molecule has 5 heteroatoms. The molecule has 0 amide bonds. The standard InChI is InChI=1S/C18H25N5/c1-2-3-7-10-22-12-15-17(13-22)23-16(11-19-15)18(20-21-23)14-8-5-4-6-9-14/h4-6,8-9,15,17,19H,2-3,7,10-13H2,1H3/t15-,17+/m1/s1. The minimum Gasteiger partial charge on any atom is -0.305 e. The second kappa shape index (κ2) is 6.42. The number of likely N-dealkylation sites (tertiary alicyclic amines) is 1. The predicted octanol–water partition coefficient (Wildman–Crippen LogP) is 2.46. The van der Waals surface area contributed by atoms with Crippen LogP contribution in [0.15, 0.2) is 30.3 Å². The van der Waals surface area contributed by atoms with E-state index in [1.165, 1.54) is 31.5 Å². The first-order valence-corrected chi connectivity index (χ1v) is 8.82. The van der Waals surface area contributed by atoms with Crippen molar-refractivity contribution in [2.75, 3.05) is 19.6 Å². The van der Waals surface area contributed by atoms with Gasteiger partial charge in [-0.05, 0) is 13.0 Å². The molecule has 1 fully saturated rings. The van der Waals surface area contributed by atoms with Crippen LogP contribution in [-0.2, 0) is 6.54 Å². The molecule has 0 bridgehead atoms. The van der Waals surface area contributed by atoms with Crippen LogP contribution in [0.2, 0.25) is 0 Å². The van der Waals surface area contributed by atoms with Gasteiger partial charge in [-0.3, -0.25) is 4.90 Å². The third-order valence-corrected chi connectivity index (χ3v) is 5.13. The van der Waals surface area contributed by atoms with Crippen molar-refractivity contribution in [2.24, 2.45) is 0 Å². The summed E-state index contributed by atoms with van der Waals surface area (Å²) >= 11 is 0. The van der Waals surface area contributed by atoms with E-state index >= 15 is 0 Å². The van der Waals surface area contributed by atoms with Crippen LogP contribution in [0.3, 0.4) is 0 Å². The van der Waals surface area contributed by atoms with Gasteiger partial charge >= 0.3 is 0 Å². The molecule has 0 spiro atoms. The molecule has 0 aliphatic carbocycles. The summed E-state index contributed by atoms with van der Waals surface area (Å²) in [5, 5.41) is 12.7. The van der Waals surface area contributed by atoms with Crippen molar-refractivity contribution in [1.29, 1.82) is 0 Å². The van der Waals surface area contributed by atoms with Gasteiger partial charge in [-0.15, -0.1) is 5.10 Å². The Morgan fingerprint density at radius 2 is 2.04 bits per heavy atom. The van der Waals surface area contributed by atoms with Crippen LogP contribution in [0.5, 0.6) is 0 Å². The summed E-state index contributed by atoms with van der Waals surface area (Å²) in [6.07, 6.45) is 3.91. The molecule has 3 heterocycles. The van der Waals surface area contributed by atoms with Crippen molar-refractivity contribution in [1.82, 2.24) is 25.2 Å². The van der Waals surface area contributed by atoms with Gasteiger partial charge in [0.25, 0.3) is 0 Å². The van der Waals surface area contributed by atoms with Crippen LogP contribution in [0, 0.1) is 0 Å². The molecule has 1 aromatic carbocycles. The molecule has 2 aliphatic rings. The summed E-state index contributed by atoms with van der Waals surface area (Å²) in [4.78, 5) is 2.58. The lowest BCUT2D eigenvalue weighted by molar-refractivity contribution is 0.307. The first kappa shape index (κ1) is 14.8. The average Bonchev–Trinajstić information content (AvgIpc) is 3.19. The van der Waals surface area contributed by atoms with Crippen LogP contribution < -0.4 is 5.32 Å². The van der Waals surface area contributed by atoms with Crippen LogP contribution in [-0.4, -0.2) is 45.6 Å². The fraction of sp³-hybridized carbons (Fsp3) is 0.556. The number of fused-ring (bicyclic) bond motifs is 3. The predicted molar refractivity (Wildman–Crippen MR) is 91.1 cm³/mol. The largest absolute Gasteiger partial charge is 0.305 e. The third-order valence-electron chi connectivity index (χ3n) is 5.13. The summed E-state index contributed by atoms with van der Waals surface area (Å²) in [5.74, 6) is 0. The Hall–Kier alpha value is -1.72. The molecule has 0 unspecified atom stereocenters. The monoisotopic (exact) mass is 311 g/mol. The number of unbranched alkanes of at least 4 members (excludes halogenated alkanes) is 2. The molecule has 1 aromatic heterocycles. The SMILES string of the molecule is CCCCCN1C[C@H]2NCc3c(-c4ccccc4)nnn3[C@H]2C1. The minimum atomic E-state index is 0.422. The smallest absolute Gasteiger partial charge is 0.117 e.